The Bertz CT molecular complexity index is 501. The lowest BCUT2D eigenvalue weighted by atomic mass is 9.55. The van der Waals surface area contributed by atoms with Crippen molar-refractivity contribution < 1.29 is 9.63 Å². The first-order valence-corrected chi connectivity index (χ1v) is 8.15. The topological polar surface area (TPSA) is 29.5 Å². The number of hydrogen-bond donors (Lipinski definition) is 0. The van der Waals surface area contributed by atoms with E-state index in [-0.39, 0.29) is 17.4 Å². The van der Waals surface area contributed by atoms with E-state index in [1.165, 1.54) is 31.2 Å². The molecule has 0 amide bonds. The Hall–Kier alpha value is -1.35. The van der Waals surface area contributed by atoms with Crippen LogP contribution in [0.1, 0.15) is 51.5 Å². The van der Waals surface area contributed by atoms with Crippen molar-refractivity contribution in [3.8, 4) is 0 Å². The van der Waals surface area contributed by atoms with Gasteiger partial charge < -0.3 is 4.84 Å². The Balaban J connectivity index is 1.75. The SMILES string of the molecule is CCCC1CCC1(C)C1CC(=O)ON1Cc1ccccc1. The fourth-order valence-corrected chi connectivity index (χ4v) is 4.02. The van der Waals surface area contributed by atoms with Gasteiger partial charge in [0.25, 0.3) is 0 Å². The second-order valence-corrected chi connectivity index (χ2v) is 6.77. The molecule has 2 aliphatic rings. The third-order valence-electron chi connectivity index (χ3n) is 5.47. The number of carbonyl (C=O) groups excluding carboxylic acids is 1. The van der Waals surface area contributed by atoms with Gasteiger partial charge in [-0.25, -0.2) is 0 Å². The molecule has 2 fully saturated rings. The molecule has 1 aromatic rings. The van der Waals surface area contributed by atoms with Gasteiger partial charge in [0.1, 0.15) is 0 Å². The summed E-state index contributed by atoms with van der Waals surface area (Å²) in [5.74, 6) is 0.666. The van der Waals surface area contributed by atoms with Crippen LogP contribution in [0, 0.1) is 11.3 Å². The molecule has 1 aromatic carbocycles. The van der Waals surface area contributed by atoms with Crippen molar-refractivity contribution in [3.05, 3.63) is 35.9 Å². The highest BCUT2D eigenvalue weighted by Crippen LogP contribution is 2.54. The van der Waals surface area contributed by atoms with Gasteiger partial charge in [0.15, 0.2) is 0 Å². The molecule has 1 heterocycles. The van der Waals surface area contributed by atoms with E-state index in [0.717, 1.165) is 5.92 Å². The first kappa shape index (κ1) is 14.6. The molecule has 3 nitrogen and oxygen atoms in total. The maximum absolute atomic E-state index is 11.8. The molecule has 1 aliphatic carbocycles. The third kappa shape index (κ3) is 2.71. The van der Waals surface area contributed by atoms with Gasteiger partial charge in [-0.05, 0) is 29.7 Å². The van der Waals surface area contributed by atoms with Crippen molar-refractivity contribution in [2.45, 2.75) is 58.5 Å². The summed E-state index contributed by atoms with van der Waals surface area (Å²) in [6.45, 7) is 5.30. The van der Waals surface area contributed by atoms with Crippen LogP contribution in [-0.2, 0) is 16.2 Å². The summed E-state index contributed by atoms with van der Waals surface area (Å²) in [7, 11) is 0. The standard InChI is InChI=1S/C18H25NO2/c1-3-7-15-10-11-18(15,2)16-12-17(20)21-19(16)13-14-8-5-4-6-9-14/h4-6,8-9,15-16H,3,7,10-13H2,1-2H3. The van der Waals surface area contributed by atoms with E-state index in [0.29, 0.717) is 13.0 Å². The van der Waals surface area contributed by atoms with E-state index in [1.54, 1.807) is 0 Å². The van der Waals surface area contributed by atoms with Crippen molar-refractivity contribution in [3.63, 3.8) is 0 Å². The quantitative estimate of drug-likeness (QED) is 0.821. The first-order valence-electron chi connectivity index (χ1n) is 8.15. The predicted molar refractivity (Wildman–Crippen MR) is 82.2 cm³/mol. The Labute approximate surface area is 127 Å². The molecule has 1 aliphatic heterocycles. The monoisotopic (exact) mass is 287 g/mol. The highest BCUT2D eigenvalue weighted by atomic mass is 16.7. The number of nitrogens with zero attached hydrogens (tertiary/aromatic N) is 1. The number of hydroxylamine groups is 2. The number of hydrogen-bond acceptors (Lipinski definition) is 3. The summed E-state index contributed by atoms with van der Waals surface area (Å²) < 4.78 is 0. The zero-order valence-corrected chi connectivity index (χ0v) is 13.0. The molecule has 0 radical (unpaired) electrons. The maximum Gasteiger partial charge on any atom is 0.326 e. The van der Waals surface area contributed by atoms with Crippen molar-refractivity contribution in [1.82, 2.24) is 5.06 Å². The number of benzene rings is 1. The van der Waals surface area contributed by atoms with Gasteiger partial charge in [-0.1, -0.05) is 57.0 Å². The Kier molecular flexibility index (Phi) is 4.03. The Morgan fingerprint density at radius 3 is 2.71 bits per heavy atom. The summed E-state index contributed by atoms with van der Waals surface area (Å²) >= 11 is 0. The average molecular weight is 287 g/mol. The maximum atomic E-state index is 11.8. The van der Waals surface area contributed by atoms with Crippen LogP contribution in [-0.4, -0.2) is 17.1 Å². The molecule has 0 aromatic heterocycles. The molecule has 3 rings (SSSR count). The highest BCUT2D eigenvalue weighted by Gasteiger charge is 2.53. The van der Waals surface area contributed by atoms with Crippen LogP contribution in [0.25, 0.3) is 0 Å². The average Bonchev–Trinajstić information content (AvgIpc) is 2.85. The summed E-state index contributed by atoms with van der Waals surface area (Å²) in [6, 6.07) is 10.5. The molecule has 0 bridgehead atoms. The van der Waals surface area contributed by atoms with Gasteiger partial charge in [0.05, 0.1) is 19.0 Å². The molecule has 0 N–H and O–H groups in total. The van der Waals surface area contributed by atoms with Crippen LogP contribution >= 0.6 is 0 Å². The third-order valence-corrected chi connectivity index (χ3v) is 5.47. The van der Waals surface area contributed by atoms with Crippen molar-refractivity contribution in [2.75, 3.05) is 0 Å². The summed E-state index contributed by atoms with van der Waals surface area (Å²) in [5.41, 5.74) is 1.43. The van der Waals surface area contributed by atoms with Gasteiger partial charge in [-0.15, -0.1) is 5.06 Å². The van der Waals surface area contributed by atoms with E-state index < -0.39 is 0 Å². The number of carbonyl (C=O) groups is 1. The van der Waals surface area contributed by atoms with Crippen molar-refractivity contribution in [1.29, 1.82) is 0 Å². The highest BCUT2D eigenvalue weighted by molar-refractivity contribution is 5.71. The summed E-state index contributed by atoms with van der Waals surface area (Å²) in [5, 5.41) is 1.94. The molecule has 21 heavy (non-hydrogen) atoms. The second-order valence-electron chi connectivity index (χ2n) is 6.77. The summed E-state index contributed by atoms with van der Waals surface area (Å²) in [4.78, 5) is 17.4. The van der Waals surface area contributed by atoms with Gasteiger partial charge in [0.2, 0.25) is 0 Å². The lowest BCUT2D eigenvalue weighted by Gasteiger charge is -2.52. The van der Waals surface area contributed by atoms with E-state index in [9.17, 15) is 4.79 Å². The van der Waals surface area contributed by atoms with Crippen LogP contribution in [0.2, 0.25) is 0 Å². The predicted octanol–water partition coefficient (Wildman–Crippen LogP) is 3.94. The van der Waals surface area contributed by atoms with E-state index in [1.807, 2.05) is 23.3 Å². The largest absolute Gasteiger partial charge is 0.367 e. The molecule has 3 heteroatoms. The lowest BCUT2D eigenvalue weighted by molar-refractivity contribution is -0.195. The molecule has 3 atom stereocenters. The van der Waals surface area contributed by atoms with E-state index in [2.05, 4.69) is 26.0 Å². The van der Waals surface area contributed by atoms with E-state index >= 15 is 0 Å². The van der Waals surface area contributed by atoms with Crippen LogP contribution in [0.15, 0.2) is 30.3 Å². The minimum atomic E-state index is -0.0701. The van der Waals surface area contributed by atoms with Crippen LogP contribution in [0.4, 0.5) is 0 Å². The van der Waals surface area contributed by atoms with Gasteiger partial charge in [-0.3, -0.25) is 4.79 Å². The fourth-order valence-electron chi connectivity index (χ4n) is 4.02. The van der Waals surface area contributed by atoms with Crippen LogP contribution in [0.3, 0.4) is 0 Å². The van der Waals surface area contributed by atoms with Crippen LogP contribution in [0.5, 0.6) is 0 Å². The lowest BCUT2D eigenvalue weighted by Crippen LogP contribution is -2.51. The smallest absolute Gasteiger partial charge is 0.326 e. The summed E-state index contributed by atoms with van der Waals surface area (Å²) in [6.07, 6.45) is 5.54. The van der Waals surface area contributed by atoms with Gasteiger partial charge in [-0.2, -0.15) is 0 Å². The molecule has 1 saturated carbocycles. The molecular formula is C18H25NO2. The molecule has 0 spiro atoms. The first-order chi connectivity index (χ1) is 10.1. The Morgan fingerprint density at radius 1 is 1.33 bits per heavy atom. The zero-order valence-electron chi connectivity index (χ0n) is 13.0. The molecule has 114 valence electrons. The normalized spacial score (nSPS) is 32.8. The van der Waals surface area contributed by atoms with Gasteiger partial charge in [0, 0.05) is 0 Å². The number of rotatable bonds is 5. The fraction of sp³-hybridized carbons (Fsp3) is 0.611. The van der Waals surface area contributed by atoms with E-state index in [4.69, 9.17) is 4.84 Å². The second kappa shape index (κ2) is 5.80. The van der Waals surface area contributed by atoms with Crippen molar-refractivity contribution >= 4 is 5.97 Å². The van der Waals surface area contributed by atoms with Gasteiger partial charge >= 0.3 is 5.97 Å². The minimum Gasteiger partial charge on any atom is -0.367 e. The van der Waals surface area contributed by atoms with Crippen molar-refractivity contribution in [2.24, 2.45) is 11.3 Å². The molecule has 1 saturated heterocycles. The molecular weight excluding hydrogens is 262 g/mol. The van der Waals surface area contributed by atoms with Crippen LogP contribution < -0.4 is 0 Å². The Morgan fingerprint density at radius 2 is 2.10 bits per heavy atom. The minimum absolute atomic E-state index is 0.0701. The molecule has 3 unspecified atom stereocenters. The zero-order chi connectivity index (χ0) is 14.9.